The Hall–Kier alpha value is -1.55. The minimum Gasteiger partial charge on any atom is -0.493 e. The van der Waals surface area contributed by atoms with Gasteiger partial charge in [-0.1, -0.05) is 12.2 Å². The summed E-state index contributed by atoms with van der Waals surface area (Å²) in [6.07, 6.45) is 3.57. The van der Waals surface area contributed by atoms with E-state index in [-0.39, 0.29) is 0 Å². The number of rotatable bonds is 5. The fraction of sp³-hybridized carbons (Fsp3) is 0.333. The molecule has 0 aliphatic heterocycles. The van der Waals surface area contributed by atoms with Crippen LogP contribution in [0.15, 0.2) is 18.2 Å². The van der Waals surface area contributed by atoms with Crippen molar-refractivity contribution < 1.29 is 13.9 Å². The molecule has 2 N–H and O–H groups in total. The molecule has 88 valence electrons. The molecule has 0 unspecified atom stereocenters. The summed E-state index contributed by atoms with van der Waals surface area (Å²) >= 11 is 0. The van der Waals surface area contributed by atoms with Crippen LogP contribution in [0.5, 0.6) is 11.5 Å². The fourth-order valence-electron chi connectivity index (χ4n) is 1.45. The van der Waals surface area contributed by atoms with Gasteiger partial charge in [0.25, 0.3) is 0 Å². The minimum absolute atomic E-state index is 0.422. The molecule has 0 fully saturated rings. The first-order chi connectivity index (χ1) is 7.76. The topological polar surface area (TPSA) is 44.5 Å². The van der Waals surface area contributed by atoms with E-state index in [9.17, 15) is 4.39 Å². The summed E-state index contributed by atoms with van der Waals surface area (Å²) in [7, 11) is 3.07. The third-order valence-electron chi connectivity index (χ3n) is 2.16. The molecule has 1 aromatic rings. The molecule has 0 saturated heterocycles. The number of alkyl halides is 1. The van der Waals surface area contributed by atoms with Crippen LogP contribution in [0, 0.1) is 0 Å². The third-order valence-corrected chi connectivity index (χ3v) is 2.16. The van der Waals surface area contributed by atoms with Gasteiger partial charge in [-0.05, 0) is 17.7 Å². The Morgan fingerprint density at radius 2 is 2.06 bits per heavy atom. The minimum atomic E-state index is -0.538. The molecule has 0 aliphatic rings. The largest absolute Gasteiger partial charge is 0.493 e. The Morgan fingerprint density at radius 1 is 1.31 bits per heavy atom. The van der Waals surface area contributed by atoms with Gasteiger partial charge in [-0.2, -0.15) is 0 Å². The van der Waals surface area contributed by atoms with Gasteiger partial charge in [-0.3, -0.25) is 0 Å². The predicted octanol–water partition coefficient (Wildman–Crippen LogP) is 2.15. The molecule has 0 aromatic heterocycles. The first-order valence-electron chi connectivity index (χ1n) is 4.94. The van der Waals surface area contributed by atoms with Crippen molar-refractivity contribution in [3.8, 4) is 11.5 Å². The highest BCUT2D eigenvalue weighted by Gasteiger charge is 2.10. The van der Waals surface area contributed by atoms with Crippen molar-refractivity contribution in [2.24, 2.45) is 5.73 Å². The lowest BCUT2D eigenvalue weighted by Gasteiger charge is -2.12. The average Bonchev–Trinajstić information content (AvgIpc) is 2.34. The van der Waals surface area contributed by atoms with Gasteiger partial charge in [0, 0.05) is 12.1 Å². The zero-order valence-corrected chi connectivity index (χ0v) is 9.50. The monoisotopic (exact) mass is 225 g/mol. The molecule has 0 bridgehead atoms. The molecule has 1 aromatic carbocycles. The molecule has 0 heterocycles. The van der Waals surface area contributed by atoms with Crippen molar-refractivity contribution in [3.05, 3.63) is 29.3 Å². The summed E-state index contributed by atoms with van der Waals surface area (Å²) in [6.45, 7) is -0.116. The van der Waals surface area contributed by atoms with Crippen molar-refractivity contribution >= 4 is 6.08 Å². The Morgan fingerprint density at radius 3 is 2.56 bits per heavy atom. The van der Waals surface area contributed by atoms with Gasteiger partial charge in [0.05, 0.1) is 14.2 Å². The maximum atomic E-state index is 12.6. The van der Waals surface area contributed by atoms with Crippen molar-refractivity contribution in [1.82, 2.24) is 0 Å². The van der Waals surface area contributed by atoms with E-state index in [1.54, 1.807) is 31.4 Å². The van der Waals surface area contributed by atoms with Crippen LogP contribution in [0.1, 0.15) is 11.1 Å². The molecule has 4 heteroatoms. The van der Waals surface area contributed by atoms with Crippen LogP contribution in [-0.4, -0.2) is 20.8 Å². The molecule has 0 saturated carbocycles. The number of methoxy groups -OCH3 is 2. The number of halogens is 1. The summed E-state index contributed by atoms with van der Waals surface area (Å²) in [5.41, 5.74) is 6.69. The molecular weight excluding hydrogens is 209 g/mol. The van der Waals surface area contributed by atoms with Gasteiger partial charge < -0.3 is 15.2 Å². The highest BCUT2D eigenvalue weighted by molar-refractivity contribution is 5.63. The molecule has 0 aliphatic carbocycles. The van der Waals surface area contributed by atoms with E-state index in [2.05, 4.69) is 0 Å². The third kappa shape index (κ3) is 2.73. The van der Waals surface area contributed by atoms with Crippen LogP contribution < -0.4 is 15.2 Å². The summed E-state index contributed by atoms with van der Waals surface area (Å²) < 4.78 is 23.0. The summed E-state index contributed by atoms with van der Waals surface area (Å²) in [4.78, 5) is 0. The van der Waals surface area contributed by atoms with Crippen LogP contribution in [-0.2, 0) is 6.67 Å². The molecule has 0 atom stereocenters. The predicted molar refractivity (Wildman–Crippen MR) is 62.4 cm³/mol. The van der Waals surface area contributed by atoms with E-state index in [0.29, 0.717) is 23.6 Å². The van der Waals surface area contributed by atoms with Crippen LogP contribution in [0.2, 0.25) is 0 Å². The van der Waals surface area contributed by atoms with E-state index in [1.807, 2.05) is 0 Å². The van der Waals surface area contributed by atoms with Gasteiger partial charge in [0.1, 0.15) is 6.67 Å². The molecule has 3 nitrogen and oxygen atoms in total. The summed E-state index contributed by atoms with van der Waals surface area (Å²) in [5, 5.41) is 0. The molecule has 1 rings (SSSR count). The summed E-state index contributed by atoms with van der Waals surface area (Å²) in [5.74, 6) is 1.11. The molecule has 16 heavy (non-hydrogen) atoms. The number of ether oxygens (including phenoxy) is 2. The standard InChI is InChI=1S/C12H16FNO2/c1-15-11-7-9(8-13)6-10(4-3-5-14)12(11)16-2/h3-4,6-7H,5,8,14H2,1-2H3/b4-3+. The number of hydrogen-bond acceptors (Lipinski definition) is 3. The first kappa shape index (κ1) is 12.5. The van der Waals surface area contributed by atoms with Crippen molar-refractivity contribution in [3.63, 3.8) is 0 Å². The van der Waals surface area contributed by atoms with Crippen LogP contribution in [0.4, 0.5) is 4.39 Å². The van der Waals surface area contributed by atoms with Gasteiger partial charge in [0.2, 0.25) is 0 Å². The van der Waals surface area contributed by atoms with E-state index in [0.717, 1.165) is 5.56 Å². The average molecular weight is 225 g/mol. The molecule has 0 radical (unpaired) electrons. The van der Waals surface area contributed by atoms with Gasteiger partial charge in [-0.15, -0.1) is 0 Å². The number of nitrogens with two attached hydrogens (primary N) is 1. The molecular formula is C12H16FNO2. The number of benzene rings is 1. The zero-order chi connectivity index (χ0) is 12.0. The smallest absolute Gasteiger partial charge is 0.167 e. The molecule has 0 amide bonds. The van der Waals surface area contributed by atoms with Crippen LogP contribution >= 0.6 is 0 Å². The fourth-order valence-corrected chi connectivity index (χ4v) is 1.45. The van der Waals surface area contributed by atoms with E-state index < -0.39 is 6.67 Å². The van der Waals surface area contributed by atoms with E-state index >= 15 is 0 Å². The Balaban J connectivity index is 3.25. The maximum Gasteiger partial charge on any atom is 0.167 e. The van der Waals surface area contributed by atoms with Gasteiger partial charge in [-0.25, -0.2) is 4.39 Å². The highest BCUT2D eigenvalue weighted by Crippen LogP contribution is 2.33. The Labute approximate surface area is 94.7 Å². The van der Waals surface area contributed by atoms with Crippen molar-refractivity contribution in [2.75, 3.05) is 20.8 Å². The Bertz CT molecular complexity index is 378. The second kappa shape index (κ2) is 6.12. The lowest BCUT2D eigenvalue weighted by Crippen LogP contribution is -1.96. The van der Waals surface area contributed by atoms with E-state index in [4.69, 9.17) is 15.2 Å². The second-order valence-electron chi connectivity index (χ2n) is 3.19. The lowest BCUT2D eigenvalue weighted by molar-refractivity contribution is 0.353. The van der Waals surface area contributed by atoms with Gasteiger partial charge >= 0.3 is 0 Å². The van der Waals surface area contributed by atoms with E-state index in [1.165, 1.54) is 7.11 Å². The van der Waals surface area contributed by atoms with Crippen molar-refractivity contribution in [1.29, 1.82) is 0 Å². The Kier molecular flexibility index (Phi) is 4.79. The SMILES string of the molecule is COc1cc(CF)cc(/C=C/CN)c1OC. The van der Waals surface area contributed by atoms with Crippen molar-refractivity contribution in [2.45, 2.75) is 6.67 Å². The summed E-state index contributed by atoms with van der Waals surface area (Å²) in [6, 6.07) is 3.34. The van der Waals surface area contributed by atoms with Gasteiger partial charge in [0.15, 0.2) is 11.5 Å². The number of hydrogen-bond donors (Lipinski definition) is 1. The van der Waals surface area contributed by atoms with Crippen LogP contribution in [0.25, 0.3) is 6.08 Å². The maximum absolute atomic E-state index is 12.6. The quantitative estimate of drug-likeness (QED) is 0.835. The second-order valence-corrected chi connectivity index (χ2v) is 3.19. The zero-order valence-electron chi connectivity index (χ0n) is 9.50. The first-order valence-corrected chi connectivity index (χ1v) is 4.94. The lowest BCUT2D eigenvalue weighted by atomic mass is 10.1. The molecule has 0 spiro atoms. The highest BCUT2D eigenvalue weighted by atomic mass is 19.1. The normalized spacial score (nSPS) is 10.8. The van der Waals surface area contributed by atoms with Crippen LogP contribution in [0.3, 0.4) is 0 Å².